The fraction of sp³-hybridized carbons (Fsp3) is 0.333. The molecule has 5 aromatic rings. The van der Waals surface area contributed by atoms with Gasteiger partial charge in [0, 0.05) is 38.7 Å². The monoisotopic (exact) mass is 655 g/mol. The van der Waals surface area contributed by atoms with Gasteiger partial charge >= 0.3 is 5.97 Å². The number of imidazole rings is 2. The van der Waals surface area contributed by atoms with Crippen molar-refractivity contribution in [2.75, 3.05) is 37.5 Å². The second-order valence-corrected chi connectivity index (χ2v) is 11.1. The Labute approximate surface area is 275 Å². The van der Waals surface area contributed by atoms with E-state index < -0.39 is 11.9 Å². The predicted octanol–water partition coefficient (Wildman–Crippen LogP) is 3.90. The van der Waals surface area contributed by atoms with E-state index in [-0.39, 0.29) is 37.2 Å². The number of anilines is 2. The predicted molar refractivity (Wildman–Crippen MR) is 179 cm³/mol. The van der Waals surface area contributed by atoms with Gasteiger partial charge in [0.05, 0.1) is 42.1 Å². The van der Waals surface area contributed by atoms with E-state index in [1.165, 1.54) is 0 Å². The molecular formula is C33H37N9O6. The Hall–Kier alpha value is -5.86. The average Bonchev–Trinajstić information content (AvgIpc) is 3.74. The van der Waals surface area contributed by atoms with E-state index in [0.717, 1.165) is 5.69 Å². The third-order valence-electron chi connectivity index (χ3n) is 7.84. The molecule has 1 aliphatic rings. The molecule has 15 heteroatoms. The normalized spacial score (nSPS) is 14.0. The van der Waals surface area contributed by atoms with Gasteiger partial charge in [0.1, 0.15) is 28.2 Å². The highest BCUT2D eigenvalue weighted by molar-refractivity contribution is 6.04. The number of nitrogens with two attached hydrogens (primary N) is 1. The Morgan fingerprint density at radius 3 is 2.10 bits per heavy atom. The van der Waals surface area contributed by atoms with Crippen LogP contribution < -0.4 is 25.8 Å². The molecule has 48 heavy (non-hydrogen) atoms. The first-order valence-corrected chi connectivity index (χ1v) is 15.7. The highest BCUT2D eigenvalue weighted by Crippen LogP contribution is 2.33. The summed E-state index contributed by atoms with van der Waals surface area (Å²) in [5.74, 6) is 0.220. The lowest BCUT2D eigenvalue weighted by Crippen LogP contribution is -2.20. The van der Waals surface area contributed by atoms with Crippen LogP contribution in [0.25, 0.3) is 22.1 Å². The number of allylic oxidation sites excluding steroid dienone is 2. The number of amides is 2. The van der Waals surface area contributed by atoms with E-state index in [1.807, 2.05) is 35.1 Å². The van der Waals surface area contributed by atoms with Gasteiger partial charge in [0.15, 0.2) is 0 Å². The average molecular weight is 656 g/mol. The van der Waals surface area contributed by atoms with E-state index in [1.54, 1.807) is 49.0 Å². The first kappa shape index (κ1) is 32.1. The SMILES string of the molecule is CCOC(=O)c1cc2c3c(c1)nc(NC)n3C/C=C/Cn1c(NC(=O)c3cc(C)nn3CC)nc3cc(C(N)=O)cc(c31)OCCCO2. The number of rotatable bonds is 7. The van der Waals surface area contributed by atoms with Crippen molar-refractivity contribution in [1.82, 2.24) is 28.9 Å². The maximum absolute atomic E-state index is 13.5. The van der Waals surface area contributed by atoms with Gasteiger partial charge in [-0.25, -0.2) is 14.8 Å². The summed E-state index contributed by atoms with van der Waals surface area (Å²) >= 11 is 0. The summed E-state index contributed by atoms with van der Waals surface area (Å²) < 4.78 is 23.1. The van der Waals surface area contributed by atoms with Crippen molar-refractivity contribution < 1.29 is 28.6 Å². The summed E-state index contributed by atoms with van der Waals surface area (Å²) in [5.41, 5.74) is 9.63. The molecule has 0 saturated heterocycles. The van der Waals surface area contributed by atoms with E-state index >= 15 is 0 Å². The molecule has 0 aliphatic carbocycles. The van der Waals surface area contributed by atoms with Gasteiger partial charge in [-0.2, -0.15) is 5.10 Å². The van der Waals surface area contributed by atoms with Crippen LogP contribution in [0.15, 0.2) is 42.5 Å². The standard InChI is InChI=1S/C33H37N9O6/c1-5-42-24(14-19(3)39-42)30(44)38-33-37-22-15-20(29(34)43)17-25-28(22)41(33)11-8-7-10-40-27-23(36-32(40)35-4)16-21(31(45)46-6-2)18-26(27)48-13-9-12-47-25/h7-8,14-18H,5-6,9-13H2,1-4H3,(H2,34,43)(H,35,36)(H,37,38,44)/b8-7+. The van der Waals surface area contributed by atoms with Gasteiger partial charge in [0.25, 0.3) is 5.91 Å². The third kappa shape index (κ3) is 6.13. The molecule has 4 heterocycles. The van der Waals surface area contributed by atoms with Crippen LogP contribution in [0, 0.1) is 6.92 Å². The Kier molecular flexibility index (Phi) is 9.01. The Bertz CT molecular complexity index is 2070. The summed E-state index contributed by atoms with van der Waals surface area (Å²) in [6, 6.07) is 8.23. The number of ether oxygens (including phenoxy) is 3. The number of nitrogens with one attached hydrogen (secondary N) is 2. The van der Waals surface area contributed by atoms with E-state index in [9.17, 15) is 14.4 Å². The first-order chi connectivity index (χ1) is 23.2. The number of aromatic nitrogens is 6. The first-order valence-electron chi connectivity index (χ1n) is 15.7. The van der Waals surface area contributed by atoms with Crippen LogP contribution in [-0.4, -0.2) is 73.5 Å². The molecule has 1 aliphatic heterocycles. The smallest absolute Gasteiger partial charge is 0.338 e. The maximum Gasteiger partial charge on any atom is 0.338 e. The quantitative estimate of drug-likeness (QED) is 0.172. The number of nitrogens with zero attached hydrogens (tertiary/aromatic N) is 6. The molecule has 0 saturated carbocycles. The van der Waals surface area contributed by atoms with E-state index in [0.29, 0.717) is 76.8 Å². The summed E-state index contributed by atoms with van der Waals surface area (Å²) in [5, 5.41) is 10.5. The number of hydrogen-bond donors (Lipinski definition) is 3. The molecule has 6 rings (SSSR count). The van der Waals surface area contributed by atoms with Crippen molar-refractivity contribution in [1.29, 1.82) is 0 Å². The Balaban J connectivity index is 1.43. The Morgan fingerprint density at radius 1 is 0.896 bits per heavy atom. The number of benzene rings is 2. The van der Waals surface area contributed by atoms with Gasteiger partial charge in [-0.3, -0.25) is 19.6 Å². The molecule has 4 N–H and O–H groups in total. The molecule has 3 aromatic heterocycles. The number of carbonyl (C=O) groups excluding carboxylic acids is 3. The summed E-state index contributed by atoms with van der Waals surface area (Å²) in [7, 11) is 1.77. The lowest BCUT2D eigenvalue weighted by Gasteiger charge is -2.13. The van der Waals surface area contributed by atoms with Crippen LogP contribution in [0.1, 0.15) is 57.2 Å². The highest BCUT2D eigenvalue weighted by atomic mass is 16.5. The zero-order valence-corrected chi connectivity index (χ0v) is 27.2. The zero-order valence-electron chi connectivity index (χ0n) is 27.2. The second-order valence-electron chi connectivity index (χ2n) is 11.1. The summed E-state index contributed by atoms with van der Waals surface area (Å²) in [6.07, 6.45) is 4.34. The fourth-order valence-corrected chi connectivity index (χ4v) is 5.71. The number of carbonyl (C=O) groups is 3. The molecule has 0 atom stereocenters. The molecule has 2 aromatic carbocycles. The number of primary amides is 1. The van der Waals surface area contributed by atoms with Crippen LogP contribution in [0.5, 0.6) is 11.5 Å². The van der Waals surface area contributed by atoms with Gasteiger partial charge in [-0.15, -0.1) is 0 Å². The van der Waals surface area contributed by atoms with E-state index in [4.69, 9.17) is 29.9 Å². The van der Waals surface area contributed by atoms with Crippen molar-refractivity contribution in [2.24, 2.45) is 5.73 Å². The van der Waals surface area contributed by atoms with Gasteiger partial charge in [-0.05, 0) is 51.1 Å². The minimum absolute atomic E-state index is 0.217. The van der Waals surface area contributed by atoms with Crippen molar-refractivity contribution in [3.63, 3.8) is 0 Å². The Morgan fingerprint density at radius 2 is 1.50 bits per heavy atom. The zero-order chi connectivity index (χ0) is 33.9. The van der Waals surface area contributed by atoms with Crippen molar-refractivity contribution in [3.8, 4) is 11.5 Å². The lowest BCUT2D eigenvalue weighted by atomic mass is 10.1. The molecule has 15 nitrogen and oxygen atoms in total. The van der Waals surface area contributed by atoms with Gasteiger partial charge in [0.2, 0.25) is 17.8 Å². The number of hydrogen-bond acceptors (Lipinski definition) is 10. The van der Waals surface area contributed by atoms with E-state index in [2.05, 4.69) is 15.7 Å². The van der Waals surface area contributed by atoms with Crippen molar-refractivity contribution in [2.45, 2.75) is 46.8 Å². The molecular weight excluding hydrogens is 618 g/mol. The number of esters is 1. The van der Waals surface area contributed by atoms with Crippen LogP contribution in [-0.2, 0) is 24.4 Å². The van der Waals surface area contributed by atoms with Crippen LogP contribution >= 0.6 is 0 Å². The molecule has 0 spiro atoms. The lowest BCUT2D eigenvalue weighted by molar-refractivity contribution is 0.0525. The molecule has 250 valence electrons. The van der Waals surface area contributed by atoms with Gasteiger partial charge < -0.3 is 34.4 Å². The third-order valence-corrected chi connectivity index (χ3v) is 7.84. The summed E-state index contributed by atoms with van der Waals surface area (Å²) in [6.45, 7) is 7.40. The largest absolute Gasteiger partial charge is 0.491 e. The fourth-order valence-electron chi connectivity index (χ4n) is 5.71. The molecule has 0 unspecified atom stereocenters. The molecule has 2 amide bonds. The van der Waals surface area contributed by atoms with Crippen LogP contribution in [0.4, 0.5) is 11.9 Å². The molecule has 0 bridgehead atoms. The minimum atomic E-state index is -0.639. The van der Waals surface area contributed by atoms with Crippen molar-refractivity contribution >= 4 is 51.7 Å². The molecule has 0 fully saturated rings. The second kappa shape index (κ2) is 13.5. The highest BCUT2D eigenvalue weighted by Gasteiger charge is 2.23. The van der Waals surface area contributed by atoms with Crippen LogP contribution in [0.3, 0.4) is 0 Å². The topological polar surface area (TPSA) is 182 Å². The minimum Gasteiger partial charge on any atom is -0.491 e. The van der Waals surface area contributed by atoms with Gasteiger partial charge in [-0.1, -0.05) is 12.2 Å². The van der Waals surface area contributed by atoms with Crippen molar-refractivity contribution in [3.05, 3.63) is 65.0 Å². The van der Waals surface area contributed by atoms with Crippen LogP contribution in [0.2, 0.25) is 0 Å². The number of aryl methyl sites for hydroxylation is 2. The maximum atomic E-state index is 13.5. The summed E-state index contributed by atoms with van der Waals surface area (Å²) in [4.78, 5) is 47.8. The molecule has 0 radical (unpaired) electrons.